The summed E-state index contributed by atoms with van der Waals surface area (Å²) in [4.78, 5) is 0. The molecular formula is C17H17ClN2O2. The van der Waals surface area contributed by atoms with Crippen molar-refractivity contribution >= 4 is 18.1 Å². The summed E-state index contributed by atoms with van der Waals surface area (Å²) >= 11 is 0. The zero-order valence-corrected chi connectivity index (χ0v) is 13.0. The van der Waals surface area contributed by atoms with Crippen LogP contribution in [0.25, 0.3) is 11.3 Å². The third-order valence-corrected chi connectivity index (χ3v) is 3.25. The number of rotatable bonds is 4. The molecule has 1 aromatic heterocycles. The smallest absolute Gasteiger partial charge is 0.147 e. The van der Waals surface area contributed by atoms with Crippen molar-refractivity contribution < 1.29 is 9.26 Å². The minimum absolute atomic E-state index is 0. The first-order valence-corrected chi connectivity index (χ1v) is 6.71. The van der Waals surface area contributed by atoms with Gasteiger partial charge >= 0.3 is 0 Å². The molecule has 114 valence electrons. The molecule has 0 spiro atoms. The monoisotopic (exact) mass is 316 g/mol. The number of nitrogens with two attached hydrogens (primary N) is 1. The van der Waals surface area contributed by atoms with Crippen LogP contribution in [0.1, 0.15) is 11.1 Å². The zero-order valence-electron chi connectivity index (χ0n) is 12.2. The van der Waals surface area contributed by atoms with E-state index < -0.39 is 0 Å². The lowest BCUT2D eigenvalue weighted by atomic mass is 10.1. The number of benzene rings is 2. The highest BCUT2D eigenvalue weighted by atomic mass is 35.5. The van der Waals surface area contributed by atoms with Gasteiger partial charge in [-0.05, 0) is 36.8 Å². The van der Waals surface area contributed by atoms with Crippen LogP contribution in [0.4, 0.5) is 5.69 Å². The Labute approximate surface area is 135 Å². The molecule has 0 unspecified atom stereocenters. The van der Waals surface area contributed by atoms with Crippen molar-refractivity contribution in [3.05, 3.63) is 65.9 Å². The second-order valence-corrected chi connectivity index (χ2v) is 4.92. The molecule has 0 fully saturated rings. The van der Waals surface area contributed by atoms with Gasteiger partial charge < -0.3 is 15.0 Å². The van der Waals surface area contributed by atoms with Gasteiger partial charge in [0.1, 0.15) is 30.0 Å². The summed E-state index contributed by atoms with van der Waals surface area (Å²) in [6.07, 6.45) is 1.43. The summed E-state index contributed by atoms with van der Waals surface area (Å²) in [5.41, 5.74) is 10.2. The average Bonchev–Trinajstić information content (AvgIpc) is 2.93. The maximum Gasteiger partial charge on any atom is 0.147 e. The molecular weight excluding hydrogens is 300 g/mol. The predicted molar refractivity (Wildman–Crippen MR) is 89.1 cm³/mol. The van der Waals surface area contributed by atoms with Crippen molar-refractivity contribution in [1.82, 2.24) is 5.16 Å². The largest absolute Gasteiger partial charge is 0.489 e. The maximum atomic E-state index is 5.77. The van der Waals surface area contributed by atoms with E-state index in [1.54, 1.807) is 0 Å². The Morgan fingerprint density at radius 1 is 1.05 bits per heavy atom. The van der Waals surface area contributed by atoms with Gasteiger partial charge in [0.25, 0.3) is 0 Å². The quantitative estimate of drug-likeness (QED) is 0.782. The third kappa shape index (κ3) is 3.59. The number of halogens is 1. The highest BCUT2D eigenvalue weighted by molar-refractivity contribution is 5.85. The molecule has 3 aromatic rings. The normalized spacial score (nSPS) is 10.0. The third-order valence-electron chi connectivity index (χ3n) is 3.25. The van der Waals surface area contributed by atoms with Crippen LogP contribution >= 0.6 is 12.4 Å². The Hall–Kier alpha value is -2.46. The number of nitrogens with zero attached hydrogens (tertiary/aromatic N) is 1. The fourth-order valence-electron chi connectivity index (χ4n) is 2.02. The first kappa shape index (κ1) is 15.9. The molecule has 3 rings (SSSR count). The molecule has 0 radical (unpaired) electrons. The van der Waals surface area contributed by atoms with E-state index in [1.807, 2.05) is 24.3 Å². The first-order chi connectivity index (χ1) is 10.2. The van der Waals surface area contributed by atoms with Gasteiger partial charge in [0, 0.05) is 5.56 Å². The van der Waals surface area contributed by atoms with Gasteiger partial charge in [-0.1, -0.05) is 35.0 Å². The number of hydrogen-bond donors (Lipinski definition) is 1. The number of hydrogen-bond acceptors (Lipinski definition) is 4. The van der Waals surface area contributed by atoms with Crippen LogP contribution in [-0.4, -0.2) is 5.16 Å². The second kappa shape index (κ2) is 7.00. The van der Waals surface area contributed by atoms with Crippen LogP contribution in [-0.2, 0) is 6.61 Å². The van der Waals surface area contributed by atoms with Crippen molar-refractivity contribution in [3.8, 4) is 17.0 Å². The molecule has 0 atom stereocenters. The minimum atomic E-state index is 0. The number of aryl methyl sites for hydroxylation is 1. The molecule has 0 aliphatic rings. The van der Waals surface area contributed by atoms with E-state index in [2.05, 4.69) is 36.3 Å². The number of anilines is 1. The molecule has 4 nitrogen and oxygen atoms in total. The van der Waals surface area contributed by atoms with E-state index in [-0.39, 0.29) is 12.4 Å². The van der Waals surface area contributed by atoms with Gasteiger partial charge in [0.05, 0.1) is 0 Å². The SMILES string of the molecule is Cc1ccc(COc2ccc(-c3nocc3N)cc2)cc1.Cl. The van der Waals surface area contributed by atoms with Crippen LogP contribution in [0, 0.1) is 6.92 Å². The molecule has 0 saturated carbocycles. The summed E-state index contributed by atoms with van der Waals surface area (Å²) in [6.45, 7) is 2.62. The fourth-order valence-corrected chi connectivity index (χ4v) is 2.02. The standard InChI is InChI=1S/C17H16N2O2.ClH/c1-12-2-4-13(5-3-12)10-20-15-8-6-14(7-9-15)17-16(18)11-21-19-17;/h2-9,11H,10,18H2,1H3;1H. The predicted octanol–water partition coefficient (Wildman–Crippen LogP) is 4.23. The Bertz CT molecular complexity index is 721. The van der Waals surface area contributed by atoms with Gasteiger partial charge in [0.15, 0.2) is 0 Å². The molecule has 0 bridgehead atoms. The van der Waals surface area contributed by atoms with Crippen molar-refractivity contribution in [2.75, 3.05) is 5.73 Å². The molecule has 2 N–H and O–H groups in total. The summed E-state index contributed by atoms with van der Waals surface area (Å²) in [5.74, 6) is 0.807. The molecule has 2 aromatic carbocycles. The summed E-state index contributed by atoms with van der Waals surface area (Å²) in [5, 5.41) is 3.88. The Balaban J connectivity index is 0.00000176. The van der Waals surface area contributed by atoms with Gasteiger partial charge in [-0.3, -0.25) is 0 Å². The van der Waals surface area contributed by atoms with Gasteiger partial charge in [-0.25, -0.2) is 0 Å². The second-order valence-electron chi connectivity index (χ2n) is 4.92. The van der Waals surface area contributed by atoms with E-state index in [0.717, 1.165) is 16.9 Å². The van der Waals surface area contributed by atoms with E-state index >= 15 is 0 Å². The topological polar surface area (TPSA) is 61.3 Å². The summed E-state index contributed by atoms with van der Waals surface area (Å²) < 4.78 is 10.6. The minimum Gasteiger partial charge on any atom is -0.489 e. The molecule has 0 aliphatic heterocycles. The highest BCUT2D eigenvalue weighted by Gasteiger charge is 2.07. The Morgan fingerprint density at radius 3 is 2.32 bits per heavy atom. The molecule has 1 heterocycles. The van der Waals surface area contributed by atoms with Gasteiger partial charge in [-0.15, -0.1) is 12.4 Å². The van der Waals surface area contributed by atoms with E-state index in [9.17, 15) is 0 Å². The summed E-state index contributed by atoms with van der Waals surface area (Å²) in [6, 6.07) is 15.9. The van der Waals surface area contributed by atoms with Crippen molar-refractivity contribution in [2.24, 2.45) is 0 Å². The van der Waals surface area contributed by atoms with Crippen molar-refractivity contribution in [3.63, 3.8) is 0 Å². The molecule has 5 heteroatoms. The molecule has 0 aliphatic carbocycles. The highest BCUT2D eigenvalue weighted by Crippen LogP contribution is 2.26. The first-order valence-electron chi connectivity index (χ1n) is 6.71. The van der Waals surface area contributed by atoms with E-state index in [0.29, 0.717) is 18.0 Å². The Morgan fingerprint density at radius 2 is 1.73 bits per heavy atom. The average molecular weight is 317 g/mol. The van der Waals surface area contributed by atoms with Gasteiger partial charge in [-0.2, -0.15) is 0 Å². The van der Waals surface area contributed by atoms with Crippen molar-refractivity contribution in [2.45, 2.75) is 13.5 Å². The number of nitrogen functional groups attached to an aromatic ring is 1. The van der Waals surface area contributed by atoms with Crippen LogP contribution < -0.4 is 10.5 Å². The van der Waals surface area contributed by atoms with E-state index in [1.165, 1.54) is 11.8 Å². The molecule has 0 saturated heterocycles. The number of ether oxygens (including phenoxy) is 1. The van der Waals surface area contributed by atoms with Crippen LogP contribution in [0.5, 0.6) is 5.75 Å². The molecule has 22 heavy (non-hydrogen) atoms. The zero-order chi connectivity index (χ0) is 14.7. The lowest BCUT2D eigenvalue weighted by molar-refractivity contribution is 0.306. The maximum absolute atomic E-state index is 5.77. The van der Waals surface area contributed by atoms with Crippen LogP contribution in [0.2, 0.25) is 0 Å². The van der Waals surface area contributed by atoms with Crippen LogP contribution in [0.15, 0.2) is 59.3 Å². The lowest BCUT2D eigenvalue weighted by Crippen LogP contribution is -1.95. The Kier molecular flexibility index (Phi) is 5.07. The van der Waals surface area contributed by atoms with Crippen LogP contribution in [0.3, 0.4) is 0 Å². The fraction of sp³-hybridized carbons (Fsp3) is 0.118. The lowest BCUT2D eigenvalue weighted by Gasteiger charge is -2.07. The van der Waals surface area contributed by atoms with E-state index in [4.69, 9.17) is 15.0 Å². The number of aromatic nitrogens is 1. The molecule has 0 amide bonds. The van der Waals surface area contributed by atoms with Gasteiger partial charge in [0.2, 0.25) is 0 Å². The summed E-state index contributed by atoms with van der Waals surface area (Å²) in [7, 11) is 0. The van der Waals surface area contributed by atoms with Crippen molar-refractivity contribution in [1.29, 1.82) is 0 Å².